The third-order valence-corrected chi connectivity index (χ3v) is 5.42. The van der Waals surface area contributed by atoms with Crippen molar-refractivity contribution >= 4 is 69.1 Å². The van der Waals surface area contributed by atoms with Crippen molar-refractivity contribution in [3.63, 3.8) is 0 Å². The minimum absolute atomic E-state index is 0. The van der Waals surface area contributed by atoms with Gasteiger partial charge in [0.2, 0.25) is 5.91 Å². The van der Waals surface area contributed by atoms with Crippen molar-refractivity contribution in [2.24, 2.45) is 0 Å². The van der Waals surface area contributed by atoms with Crippen LogP contribution in [0.5, 0.6) is 0 Å². The summed E-state index contributed by atoms with van der Waals surface area (Å²) in [4.78, 5) is 23.7. The molecule has 0 aromatic carbocycles. The first-order valence-corrected chi connectivity index (χ1v) is 6.02. The number of fused-ring (bicyclic) bond motifs is 1. The summed E-state index contributed by atoms with van der Waals surface area (Å²) in [5.74, 6) is -1.03. The molecular formula is C8H11BrNNaO3S. The number of β-lactam (4-membered cyclic amide) rings is 1. The van der Waals surface area contributed by atoms with E-state index in [1.807, 2.05) is 13.8 Å². The van der Waals surface area contributed by atoms with Crippen LogP contribution in [0.1, 0.15) is 13.8 Å². The molecule has 0 aromatic rings. The van der Waals surface area contributed by atoms with Crippen LogP contribution in [0.15, 0.2) is 0 Å². The topological polar surface area (TPSA) is 57.6 Å². The molecule has 0 saturated carbocycles. The van der Waals surface area contributed by atoms with Gasteiger partial charge in [0.25, 0.3) is 0 Å². The first-order valence-electron chi connectivity index (χ1n) is 4.23. The molecule has 7 heteroatoms. The number of hydrogen-bond donors (Lipinski definition) is 1. The Balaban J connectivity index is 0.00000112. The SMILES string of the molecule is CC1(C)S[C@@H]2[C@H](Br)C(=O)N2[C@H]1C(=O)O.[NaH]. The molecule has 0 unspecified atom stereocenters. The molecule has 0 spiro atoms. The molecule has 1 amide bonds. The summed E-state index contributed by atoms with van der Waals surface area (Å²) in [5, 5.41) is 9.04. The molecule has 4 nitrogen and oxygen atoms in total. The molecule has 0 aromatic heterocycles. The number of hydrogen-bond acceptors (Lipinski definition) is 3. The summed E-state index contributed by atoms with van der Waals surface area (Å²) >= 11 is 4.80. The van der Waals surface area contributed by atoms with Crippen LogP contribution < -0.4 is 0 Å². The second-order valence-corrected chi connectivity index (χ2v) is 6.76. The van der Waals surface area contributed by atoms with Crippen LogP contribution in [0.4, 0.5) is 0 Å². The molecule has 80 valence electrons. The molecule has 2 aliphatic heterocycles. The van der Waals surface area contributed by atoms with Crippen molar-refractivity contribution in [2.75, 3.05) is 0 Å². The Labute approximate surface area is 123 Å². The van der Waals surface area contributed by atoms with Gasteiger partial charge >= 0.3 is 35.5 Å². The zero-order chi connectivity index (χ0) is 10.7. The van der Waals surface area contributed by atoms with Gasteiger partial charge in [0.15, 0.2) is 0 Å². The Morgan fingerprint density at radius 3 is 2.60 bits per heavy atom. The number of halogens is 1. The van der Waals surface area contributed by atoms with Gasteiger partial charge in [-0.05, 0) is 13.8 Å². The quantitative estimate of drug-likeness (QED) is 0.429. The molecule has 1 N–H and O–H groups in total. The van der Waals surface area contributed by atoms with E-state index in [1.165, 1.54) is 4.90 Å². The average molecular weight is 304 g/mol. The molecule has 2 saturated heterocycles. The van der Waals surface area contributed by atoms with Gasteiger partial charge in [-0.2, -0.15) is 0 Å². The Morgan fingerprint density at radius 1 is 1.60 bits per heavy atom. The van der Waals surface area contributed by atoms with E-state index in [0.29, 0.717) is 0 Å². The fourth-order valence-electron chi connectivity index (χ4n) is 1.97. The molecular weight excluding hydrogens is 293 g/mol. The van der Waals surface area contributed by atoms with E-state index in [0.717, 1.165) is 0 Å². The van der Waals surface area contributed by atoms with E-state index in [-0.39, 0.29) is 45.7 Å². The number of carboxylic acid groups (broad SMARTS) is 1. The molecule has 0 aliphatic carbocycles. The summed E-state index contributed by atoms with van der Waals surface area (Å²) in [7, 11) is 0. The van der Waals surface area contributed by atoms with Gasteiger partial charge in [-0.15, -0.1) is 11.8 Å². The van der Waals surface area contributed by atoms with Gasteiger partial charge in [0, 0.05) is 4.75 Å². The Morgan fingerprint density at radius 2 is 2.13 bits per heavy atom. The summed E-state index contributed by atoms with van der Waals surface area (Å²) in [5.41, 5.74) is 0. The van der Waals surface area contributed by atoms with Crippen LogP contribution in [-0.2, 0) is 9.59 Å². The van der Waals surface area contributed by atoms with Crippen molar-refractivity contribution in [1.82, 2.24) is 4.90 Å². The number of thioether (sulfide) groups is 1. The van der Waals surface area contributed by atoms with Gasteiger partial charge in [-0.3, -0.25) is 4.79 Å². The van der Waals surface area contributed by atoms with E-state index >= 15 is 0 Å². The summed E-state index contributed by atoms with van der Waals surface area (Å²) < 4.78 is -0.408. The molecule has 0 bridgehead atoms. The van der Waals surface area contributed by atoms with E-state index in [4.69, 9.17) is 5.11 Å². The second kappa shape index (κ2) is 4.22. The predicted octanol–water partition coefficient (Wildman–Crippen LogP) is 0.248. The maximum absolute atomic E-state index is 11.4. The minimum atomic E-state index is -0.919. The standard InChI is InChI=1S/C8H10BrNO3S.Na.H/c1-8(2)4(7(12)13)10-5(11)3(9)6(10)14-8;;/h3-4,6H,1-2H3,(H,12,13);;/t3-,4+,6-;;/m1../s1. The molecule has 15 heavy (non-hydrogen) atoms. The number of rotatable bonds is 1. The zero-order valence-corrected chi connectivity index (χ0v) is 10.1. The summed E-state index contributed by atoms with van der Waals surface area (Å²) in [6.45, 7) is 3.73. The maximum atomic E-state index is 11.4. The summed E-state index contributed by atoms with van der Waals surface area (Å²) in [6, 6.07) is -0.696. The predicted molar refractivity (Wildman–Crippen MR) is 63.6 cm³/mol. The third kappa shape index (κ3) is 1.88. The van der Waals surface area contributed by atoms with Crippen LogP contribution in [-0.4, -0.2) is 72.4 Å². The molecule has 2 rings (SSSR count). The molecule has 2 aliphatic rings. The monoisotopic (exact) mass is 303 g/mol. The third-order valence-electron chi connectivity index (χ3n) is 2.61. The van der Waals surface area contributed by atoms with Crippen LogP contribution in [0.3, 0.4) is 0 Å². The number of carbonyl (C=O) groups is 2. The van der Waals surface area contributed by atoms with Crippen LogP contribution in [0.2, 0.25) is 0 Å². The van der Waals surface area contributed by atoms with Crippen molar-refractivity contribution in [2.45, 2.75) is 34.8 Å². The van der Waals surface area contributed by atoms with E-state index in [9.17, 15) is 9.59 Å². The Kier molecular flexibility index (Phi) is 3.89. The number of carboxylic acids is 1. The second-order valence-electron chi connectivity index (χ2n) is 4.00. The number of alkyl halides is 1. The van der Waals surface area contributed by atoms with Gasteiger partial charge in [-0.25, -0.2) is 4.79 Å². The first-order chi connectivity index (χ1) is 6.36. The van der Waals surface area contributed by atoms with Crippen molar-refractivity contribution in [3.8, 4) is 0 Å². The van der Waals surface area contributed by atoms with E-state index < -0.39 is 16.8 Å². The fraction of sp³-hybridized carbons (Fsp3) is 0.750. The molecule has 2 fully saturated rings. The normalized spacial score (nSPS) is 36.6. The Bertz CT molecular complexity index is 325. The van der Waals surface area contributed by atoms with E-state index in [1.54, 1.807) is 11.8 Å². The molecule has 0 radical (unpaired) electrons. The number of carbonyl (C=O) groups excluding carboxylic acids is 1. The number of amides is 1. The van der Waals surface area contributed by atoms with Crippen LogP contribution in [0.25, 0.3) is 0 Å². The van der Waals surface area contributed by atoms with Gasteiger partial charge in [0.1, 0.15) is 16.2 Å². The Hall–Kier alpha value is 0.770. The van der Waals surface area contributed by atoms with Gasteiger partial charge in [0.05, 0.1) is 0 Å². The first kappa shape index (κ1) is 13.8. The molecule has 3 atom stereocenters. The number of nitrogens with zero attached hydrogens (tertiary/aromatic N) is 1. The summed E-state index contributed by atoms with van der Waals surface area (Å²) in [6.07, 6.45) is 0. The van der Waals surface area contributed by atoms with Crippen molar-refractivity contribution in [3.05, 3.63) is 0 Å². The fourth-order valence-corrected chi connectivity index (χ4v) is 4.32. The van der Waals surface area contributed by atoms with Crippen LogP contribution in [0, 0.1) is 0 Å². The van der Waals surface area contributed by atoms with Crippen molar-refractivity contribution < 1.29 is 14.7 Å². The van der Waals surface area contributed by atoms with Gasteiger partial charge < -0.3 is 10.0 Å². The van der Waals surface area contributed by atoms with E-state index in [2.05, 4.69) is 15.9 Å². The average Bonchev–Trinajstić information content (AvgIpc) is 2.34. The molecule has 2 heterocycles. The number of aliphatic carboxylic acids is 1. The zero-order valence-electron chi connectivity index (χ0n) is 7.73. The van der Waals surface area contributed by atoms with Crippen LogP contribution >= 0.6 is 27.7 Å². The van der Waals surface area contributed by atoms with Gasteiger partial charge in [-0.1, -0.05) is 15.9 Å². The van der Waals surface area contributed by atoms with Crippen molar-refractivity contribution in [1.29, 1.82) is 0 Å².